The summed E-state index contributed by atoms with van der Waals surface area (Å²) in [6, 6.07) is 17.2. The van der Waals surface area contributed by atoms with Gasteiger partial charge in [-0.3, -0.25) is 0 Å². The molecule has 0 aliphatic heterocycles. The fraction of sp³-hybridized carbons (Fsp3) is 0.158. The maximum absolute atomic E-state index is 11.8. The van der Waals surface area contributed by atoms with Crippen LogP contribution in [0.15, 0.2) is 65.8 Å². The van der Waals surface area contributed by atoms with E-state index in [1.54, 1.807) is 19.2 Å². The summed E-state index contributed by atoms with van der Waals surface area (Å²) in [7, 11) is 1.37. The summed E-state index contributed by atoms with van der Waals surface area (Å²) in [5, 5.41) is 3.97. The first-order valence-electron chi connectivity index (χ1n) is 7.29. The predicted octanol–water partition coefficient (Wildman–Crippen LogP) is 3.81. The molecule has 0 spiro atoms. The largest absolute Gasteiger partial charge is 0.465 e. The Morgan fingerprint density at radius 3 is 2.48 bits per heavy atom. The number of oxime groups is 1. The summed E-state index contributed by atoms with van der Waals surface area (Å²) in [6.07, 6.45) is 3.39. The molecule has 0 aliphatic rings. The van der Waals surface area contributed by atoms with Gasteiger partial charge in [0.1, 0.15) is 6.61 Å². The van der Waals surface area contributed by atoms with Gasteiger partial charge < -0.3 is 9.57 Å². The van der Waals surface area contributed by atoms with Gasteiger partial charge in [-0.2, -0.15) is 0 Å². The second kappa shape index (κ2) is 8.54. The number of nitrogens with zero attached hydrogens (tertiary/aromatic N) is 1. The van der Waals surface area contributed by atoms with Crippen molar-refractivity contribution < 1.29 is 14.4 Å². The maximum atomic E-state index is 11.8. The van der Waals surface area contributed by atoms with Crippen LogP contribution in [-0.2, 0) is 21.0 Å². The number of hydrogen-bond acceptors (Lipinski definition) is 4. The number of carbonyl (C=O) groups is 1. The maximum Gasteiger partial charge on any atom is 0.338 e. The topological polar surface area (TPSA) is 47.9 Å². The number of carbonyl (C=O) groups excluding carboxylic acids is 1. The van der Waals surface area contributed by atoms with E-state index in [1.807, 2.05) is 54.6 Å². The van der Waals surface area contributed by atoms with Crippen LogP contribution in [0.1, 0.15) is 23.6 Å². The van der Waals surface area contributed by atoms with E-state index in [2.05, 4.69) is 5.16 Å². The minimum Gasteiger partial charge on any atom is -0.465 e. The Morgan fingerprint density at radius 2 is 1.78 bits per heavy atom. The lowest BCUT2D eigenvalue weighted by Crippen LogP contribution is -2.06. The normalized spacial score (nSPS) is 11.5. The van der Waals surface area contributed by atoms with Crippen LogP contribution in [0, 0.1) is 0 Å². The summed E-state index contributed by atoms with van der Waals surface area (Å²) < 4.78 is 4.82. The zero-order chi connectivity index (χ0) is 16.5. The van der Waals surface area contributed by atoms with Crippen molar-refractivity contribution >= 4 is 17.8 Å². The summed E-state index contributed by atoms with van der Waals surface area (Å²) in [5.41, 5.74) is 3.14. The average Bonchev–Trinajstić information content (AvgIpc) is 2.61. The van der Waals surface area contributed by atoms with Crippen LogP contribution in [0.5, 0.6) is 0 Å². The van der Waals surface area contributed by atoms with Gasteiger partial charge in [0.25, 0.3) is 0 Å². The molecule has 0 amide bonds. The molecule has 0 atom stereocenters. The molecule has 0 heterocycles. The number of methoxy groups -OCH3 is 1. The monoisotopic (exact) mass is 309 g/mol. The molecule has 0 N–H and O–H groups in total. The van der Waals surface area contributed by atoms with Gasteiger partial charge in [-0.25, -0.2) is 4.79 Å². The Kier molecular flexibility index (Phi) is 6.12. The number of benzene rings is 2. The lowest BCUT2D eigenvalue weighted by Gasteiger charge is -2.10. The number of rotatable bonds is 6. The van der Waals surface area contributed by atoms with E-state index in [4.69, 9.17) is 9.57 Å². The van der Waals surface area contributed by atoms with Crippen molar-refractivity contribution in [3.8, 4) is 0 Å². The first-order valence-corrected chi connectivity index (χ1v) is 7.29. The van der Waals surface area contributed by atoms with Crippen LogP contribution in [-0.4, -0.2) is 19.3 Å². The molecule has 0 saturated carbocycles. The van der Waals surface area contributed by atoms with E-state index in [0.29, 0.717) is 5.57 Å². The molecule has 0 saturated heterocycles. The van der Waals surface area contributed by atoms with Crippen molar-refractivity contribution in [1.29, 1.82) is 0 Å². The molecule has 4 heteroatoms. The molecule has 0 aromatic heterocycles. The van der Waals surface area contributed by atoms with Crippen LogP contribution >= 0.6 is 0 Å². The van der Waals surface area contributed by atoms with Gasteiger partial charge in [0.2, 0.25) is 0 Å². The minimum atomic E-state index is -0.368. The Labute approximate surface area is 136 Å². The van der Waals surface area contributed by atoms with Crippen molar-refractivity contribution in [2.75, 3.05) is 7.11 Å². The lowest BCUT2D eigenvalue weighted by molar-refractivity contribution is -0.133. The highest BCUT2D eigenvalue weighted by Crippen LogP contribution is 2.21. The molecule has 23 heavy (non-hydrogen) atoms. The summed E-state index contributed by atoms with van der Waals surface area (Å²) in [5.74, 6) is -0.368. The van der Waals surface area contributed by atoms with E-state index in [0.717, 1.165) is 16.7 Å². The van der Waals surface area contributed by atoms with Crippen LogP contribution < -0.4 is 0 Å². The molecule has 2 aromatic carbocycles. The van der Waals surface area contributed by atoms with Gasteiger partial charge in [-0.15, -0.1) is 0 Å². The van der Waals surface area contributed by atoms with Crippen molar-refractivity contribution in [1.82, 2.24) is 0 Å². The first-order chi connectivity index (χ1) is 11.3. The van der Waals surface area contributed by atoms with Gasteiger partial charge in [0, 0.05) is 5.56 Å². The van der Waals surface area contributed by atoms with Crippen molar-refractivity contribution in [3.05, 3.63) is 77.4 Å². The summed E-state index contributed by atoms with van der Waals surface area (Å²) >= 11 is 0. The molecule has 0 bridgehead atoms. The van der Waals surface area contributed by atoms with Gasteiger partial charge >= 0.3 is 5.97 Å². The highest BCUT2D eigenvalue weighted by molar-refractivity contribution is 6.16. The SMILES string of the molecule is C/C=C(\C(=O)OC)c1ccccc1CO/N=C\c1ccccc1. The van der Waals surface area contributed by atoms with Gasteiger partial charge in [0.15, 0.2) is 0 Å². The van der Waals surface area contributed by atoms with Crippen molar-refractivity contribution in [2.24, 2.45) is 5.16 Å². The Morgan fingerprint density at radius 1 is 1.09 bits per heavy atom. The molecule has 2 rings (SSSR count). The number of ether oxygens (including phenoxy) is 1. The lowest BCUT2D eigenvalue weighted by atomic mass is 10.00. The van der Waals surface area contributed by atoms with Gasteiger partial charge in [-0.05, 0) is 18.1 Å². The van der Waals surface area contributed by atoms with Crippen LogP contribution in [0.2, 0.25) is 0 Å². The summed E-state index contributed by atoms with van der Waals surface area (Å²) in [4.78, 5) is 17.2. The average molecular weight is 309 g/mol. The van der Waals surface area contributed by atoms with E-state index in [9.17, 15) is 4.79 Å². The quantitative estimate of drug-likeness (QED) is 0.353. The van der Waals surface area contributed by atoms with Crippen LogP contribution in [0.3, 0.4) is 0 Å². The molecule has 4 nitrogen and oxygen atoms in total. The van der Waals surface area contributed by atoms with Crippen molar-refractivity contribution in [3.63, 3.8) is 0 Å². The molecule has 0 unspecified atom stereocenters. The number of esters is 1. The number of allylic oxidation sites excluding steroid dienone is 1. The Bertz CT molecular complexity index is 706. The van der Waals surface area contributed by atoms with Crippen LogP contribution in [0.4, 0.5) is 0 Å². The second-order valence-electron chi connectivity index (χ2n) is 4.77. The fourth-order valence-electron chi connectivity index (χ4n) is 2.15. The fourth-order valence-corrected chi connectivity index (χ4v) is 2.15. The third-order valence-corrected chi connectivity index (χ3v) is 3.30. The van der Waals surface area contributed by atoms with Gasteiger partial charge in [-0.1, -0.05) is 65.8 Å². The molecule has 2 aromatic rings. The highest BCUT2D eigenvalue weighted by atomic mass is 16.6. The molecular formula is C19H19NO3. The van der Waals surface area contributed by atoms with E-state index < -0.39 is 0 Å². The van der Waals surface area contributed by atoms with E-state index in [1.165, 1.54) is 7.11 Å². The third kappa shape index (κ3) is 4.54. The van der Waals surface area contributed by atoms with Gasteiger partial charge in [0.05, 0.1) is 18.9 Å². The minimum absolute atomic E-state index is 0.272. The molecular weight excluding hydrogens is 290 g/mol. The molecule has 0 aliphatic carbocycles. The zero-order valence-electron chi connectivity index (χ0n) is 13.2. The van der Waals surface area contributed by atoms with E-state index >= 15 is 0 Å². The zero-order valence-corrected chi connectivity index (χ0v) is 13.2. The second-order valence-corrected chi connectivity index (χ2v) is 4.77. The molecule has 118 valence electrons. The summed E-state index contributed by atoms with van der Waals surface area (Å²) in [6.45, 7) is 2.07. The van der Waals surface area contributed by atoms with E-state index in [-0.39, 0.29) is 12.6 Å². The number of hydrogen-bond donors (Lipinski definition) is 0. The Balaban J connectivity index is 2.09. The Hall–Kier alpha value is -2.88. The third-order valence-electron chi connectivity index (χ3n) is 3.30. The standard InChI is InChI=1S/C19H19NO3/c1-3-17(19(21)22-2)18-12-8-7-11-16(18)14-23-20-13-15-9-5-4-6-10-15/h3-13H,14H2,1-2H3/b17-3-,20-13-. The van der Waals surface area contributed by atoms with Crippen LogP contribution in [0.25, 0.3) is 5.57 Å². The first kappa shape index (κ1) is 16.5. The smallest absolute Gasteiger partial charge is 0.338 e. The highest BCUT2D eigenvalue weighted by Gasteiger charge is 2.14. The molecule has 0 fully saturated rings. The predicted molar refractivity (Wildman–Crippen MR) is 90.9 cm³/mol. The van der Waals surface area contributed by atoms with Crippen molar-refractivity contribution in [2.45, 2.75) is 13.5 Å². The molecule has 0 radical (unpaired) electrons.